The Morgan fingerprint density at radius 3 is 2.17 bits per heavy atom. The minimum Gasteiger partial charge on any atom is -0.389 e. The molecule has 13 N–H and O–H groups in total. The van der Waals surface area contributed by atoms with Crippen LogP contribution in [0.2, 0.25) is 0 Å². The van der Waals surface area contributed by atoms with Crippen molar-refractivity contribution in [2.75, 3.05) is 19.7 Å². The highest BCUT2D eigenvalue weighted by Gasteiger charge is 2.48. The number of ether oxygens (including phenoxy) is 3. The Bertz CT molecular complexity index is 476. The lowest BCUT2D eigenvalue weighted by molar-refractivity contribution is -0.291. The third-order valence-electron chi connectivity index (χ3n) is 5.75. The number of hydrogen-bond donors (Lipinski definition) is 8. The fourth-order valence-electron chi connectivity index (χ4n) is 3.89. The summed E-state index contributed by atoms with van der Waals surface area (Å²) in [7, 11) is 0. The topological polar surface area (TPSA) is 218 Å². The maximum Gasteiger partial charge on any atom is 0.176 e. The SMILES string of the molecule is NCCCCCCOC1C(O)C(N)CC(N)C1O[C@H]1O[C@H](CN)[C@@H](O)[C@H](O)[C@H]1N. The van der Waals surface area contributed by atoms with E-state index in [0.29, 0.717) is 19.6 Å². The van der Waals surface area contributed by atoms with Crippen molar-refractivity contribution in [2.24, 2.45) is 28.7 Å². The standard InChI is InChI=1S/C18H39N5O6/c19-5-3-1-2-4-6-27-17-13(24)9(21)7-10(22)16(17)29-18-12(23)15(26)14(25)11(8-20)28-18/h9-18,24-26H,1-8,19-23H2/t9?,10?,11-,12-,13?,14-,15-,16?,17?,18-/m1/s1. The molecule has 0 radical (unpaired) electrons. The zero-order chi connectivity index (χ0) is 21.6. The van der Waals surface area contributed by atoms with Crippen LogP contribution in [-0.2, 0) is 14.2 Å². The number of unbranched alkanes of at least 4 members (excludes halogenated alkanes) is 3. The highest BCUT2D eigenvalue weighted by molar-refractivity contribution is 5.00. The quantitative estimate of drug-likeness (QED) is 0.161. The number of nitrogens with two attached hydrogens (primary N) is 5. The van der Waals surface area contributed by atoms with Crippen molar-refractivity contribution in [1.29, 1.82) is 0 Å². The van der Waals surface area contributed by atoms with E-state index in [4.69, 9.17) is 42.9 Å². The van der Waals surface area contributed by atoms with E-state index in [0.717, 1.165) is 25.7 Å². The molecule has 0 bridgehead atoms. The van der Waals surface area contributed by atoms with Crippen LogP contribution in [-0.4, -0.2) is 96.1 Å². The first-order chi connectivity index (χ1) is 13.8. The zero-order valence-corrected chi connectivity index (χ0v) is 16.9. The molecule has 0 aromatic rings. The van der Waals surface area contributed by atoms with Crippen molar-refractivity contribution in [3.05, 3.63) is 0 Å². The number of aliphatic hydroxyl groups is 3. The minimum absolute atomic E-state index is 0.0161. The molecule has 1 saturated heterocycles. The summed E-state index contributed by atoms with van der Waals surface area (Å²) in [6, 6.07) is -2.08. The van der Waals surface area contributed by atoms with Crippen molar-refractivity contribution in [2.45, 2.75) is 93.1 Å². The van der Waals surface area contributed by atoms with Crippen molar-refractivity contribution < 1.29 is 29.5 Å². The van der Waals surface area contributed by atoms with E-state index in [1.165, 1.54) is 0 Å². The summed E-state index contributed by atoms with van der Waals surface area (Å²) in [6.07, 6.45) is -2.78. The van der Waals surface area contributed by atoms with Crippen molar-refractivity contribution in [3.63, 3.8) is 0 Å². The second-order valence-corrected chi connectivity index (χ2v) is 8.03. The average molecular weight is 422 g/mol. The molecule has 172 valence electrons. The summed E-state index contributed by atoms with van der Waals surface area (Å²) in [4.78, 5) is 0. The largest absolute Gasteiger partial charge is 0.389 e. The van der Waals surface area contributed by atoms with Gasteiger partial charge in [0, 0.05) is 25.2 Å². The van der Waals surface area contributed by atoms with Gasteiger partial charge < -0.3 is 58.2 Å². The van der Waals surface area contributed by atoms with Gasteiger partial charge in [-0.3, -0.25) is 0 Å². The Hall–Kier alpha value is -0.440. The molecule has 10 atom stereocenters. The highest BCUT2D eigenvalue weighted by Crippen LogP contribution is 2.28. The fraction of sp³-hybridized carbons (Fsp3) is 1.00. The first-order valence-electron chi connectivity index (χ1n) is 10.4. The molecule has 1 heterocycles. The summed E-state index contributed by atoms with van der Waals surface area (Å²) in [5.41, 5.74) is 29.3. The second-order valence-electron chi connectivity index (χ2n) is 8.03. The van der Waals surface area contributed by atoms with E-state index in [9.17, 15) is 15.3 Å². The molecule has 1 aliphatic carbocycles. The normalized spacial score (nSPS) is 43.4. The van der Waals surface area contributed by atoms with E-state index in [1.807, 2.05) is 0 Å². The molecule has 11 nitrogen and oxygen atoms in total. The van der Waals surface area contributed by atoms with Crippen LogP contribution >= 0.6 is 0 Å². The molecule has 29 heavy (non-hydrogen) atoms. The maximum absolute atomic E-state index is 10.6. The zero-order valence-electron chi connectivity index (χ0n) is 16.9. The first-order valence-corrected chi connectivity index (χ1v) is 10.4. The molecule has 0 aromatic carbocycles. The van der Waals surface area contributed by atoms with E-state index < -0.39 is 61.0 Å². The molecular weight excluding hydrogens is 382 g/mol. The first kappa shape index (κ1) is 24.8. The molecule has 0 amide bonds. The molecule has 2 aliphatic rings. The van der Waals surface area contributed by atoms with E-state index in [2.05, 4.69) is 0 Å². The van der Waals surface area contributed by atoms with Crippen molar-refractivity contribution in [1.82, 2.24) is 0 Å². The van der Waals surface area contributed by atoms with Gasteiger partial charge in [0.1, 0.15) is 30.5 Å². The monoisotopic (exact) mass is 421 g/mol. The maximum atomic E-state index is 10.6. The lowest BCUT2D eigenvalue weighted by atomic mass is 9.84. The smallest absolute Gasteiger partial charge is 0.176 e. The van der Waals surface area contributed by atoms with E-state index in [-0.39, 0.29) is 6.54 Å². The van der Waals surface area contributed by atoms with Crippen molar-refractivity contribution in [3.8, 4) is 0 Å². The number of aliphatic hydroxyl groups excluding tert-OH is 3. The van der Waals surface area contributed by atoms with Gasteiger partial charge in [-0.2, -0.15) is 0 Å². The predicted octanol–water partition coefficient (Wildman–Crippen LogP) is -3.57. The van der Waals surface area contributed by atoms with Gasteiger partial charge in [-0.1, -0.05) is 12.8 Å². The Morgan fingerprint density at radius 1 is 0.828 bits per heavy atom. The van der Waals surface area contributed by atoms with Gasteiger partial charge in [-0.25, -0.2) is 0 Å². The molecule has 0 spiro atoms. The van der Waals surface area contributed by atoms with Crippen LogP contribution in [0.15, 0.2) is 0 Å². The molecule has 2 rings (SSSR count). The lowest BCUT2D eigenvalue weighted by Gasteiger charge is -2.46. The summed E-state index contributed by atoms with van der Waals surface area (Å²) in [6.45, 7) is 1.06. The second kappa shape index (κ2) is 11.8. The van der Waals surface area contributed by atoms with Gasteiger partial charge in [-0.05, 0) is 25.8 Å². The molecule has 11 heteroatoms. The molecule has 2 fully saturated rings. The Morgan fingerprint density at radius 2 is 1.52 bits per heavy atom. The molecule has 1 saturated carbocycles. The molecular formula is C18H39N5O6. The third kappa shape index (κ3) is 6.28. The van der Waals surface area contributed by atoms with Gasteiger partial charge in [-0.15, -0.1) is 0 Å². The summed E-state index contributed by atoms with van der Waals surface area (Å²) in [5.74, 6) is 0. The summed E-state index contributed by atoms with van der Waals surface area (Å²) < 4.78 is 17.5. The third-order valence-corrected chi connectivity index (χ3v) is 5.75. The van der Waals surface area contributed by atoms with Crippen LogP contribution in [0.4, 0.5) is 0 Å². The molecule has 1 aliphatic heterocycles. The van der Waals surface area contributed by atoms with Crippen LogP contribution in [0, 0.1) is 0 Å². The number of rotatable bonds is 10. The highest BCUT2D eigenvalue weighted by atomic mass is 16.7. The van der Waals surface area contributed by atoms with Gasteiger partial charge >= 0.3 is 0 Å². The van der Waals surface area contributed by atoms with E-state index in [1.54, 1.807) is 0 Å². The van der Waals surface area contributed by atoms with Gasteiger partial charge in [0.15, 0.2) is 6.29 Å². The van der Waals surface area contributed by atoms with Gasteiger partial charge in [0.2, 0.25) is 0 Å². The Labute approximate surface area is 171 Å². The van der Waals surface area contributed by atoms with Crippen LogP contribution in [0.5, 0.6) is 0 Å². The Balaban J connectivity index is 2.01. The molecule has 5 unspecified atom stereocenters. The van der Waals surface area contributed by atoms with Crippen LogP contribution < -0.4 is 28.7 Å². The fourth-order valence-corrected chi connectivity index (χ4v) is 3.89. The predicted molar refractivity (Wildman–Crippen MR) is 106 cm³/mol. The van der Waals surface area contributed by atoms with Crippen LogP contribution in [0.25, 0.3) is 0 Å². The Kier molecular flexibility index (Phi) is 10.1. The van der Waals surface area contributed by atoms with Gasteiger partial charge in [0.05, 0.1) is 12.1 Å². The van der Waals surface area contributed by atoms with E-state index >= 15 is 0 Å². The number of hydrogen-bond acceptors (Lipinski definition) is 11. The summed E-state index contributed by atoms with van der Waals surface area (Å²) >= 11 is 0. The lowest BCUT2D eigenvalue weighted by Crippen LogP contribution is -2.67. The van der Waals surface area contributed by atoms with Gasteiger partial charge in [0.25, 0.3) is 0 Å². The van der Waals surface area contributed by atoms with Crippen LogP contribution in [0.1, 0.15) is 32.1 Å². The minimum atomic E-state index is -1.27. The summed E-state index contributed by atoms with van der Waals surface area (Å²) in [5, 5.41) is 30.8. The molecule has 0 aromatic heterocycles. The van der Waals surface area contributed by atoms with Crippen LogP contribution in [0.3, 0.4) is 0 Å². The van der Waals surface area contributed by atoms with Crippen molar-refractivity contribution >= 4 is 0 Å². The average Bonchev–Trinajstić information content (AvgIpc) is 2.70.